The molecule has 2 N–H and O–H groups in total. The molecule has 4 aromatic rings. The third-order valence-electron chi connectivity index (χ3n) is 7.49. The number of piperidine rings is 1. The molecule has 0 bridgehead atoms. The molecule has 4 aromatic carbocycles. The van der Waals surface area contributed by atoms with E-state index in [0.29, 0.717) is 6.54 Å². The van der Waals surface area contributed by atoms with Crippen LogP contribution in [-0.4, -0.2) is 30.7 Å². The Morgan fingerprint density at radius 1 is 1.03 bits per heavy atom. The normalized spacial score (nSPS) is 18.8. The average Bonchev–Trinajstić information content (AvgIpc) is 2.91. The highest BCUT2D eigenvalue weighted by molar-refractivity contribution is 5.89. The Hall–Kier alpha value is -3.70. The largest absolute Gasteiger partial charge is 0.478 e. The molecule has 4 nitrogen and oxygen atoms in total. The van der Waals surface area contributed by atoms with Crippen LogP contribution in [0.1, 0.15) is 46.8 Å². The zero-order valence-corrected chi connectivity index (χ0v) is 20.4. The second-order valence-corrected chi connectivity index (χ2v) is 9.68. The quantitative estimate of drug-likeness (QED) is 0.310. The number of nitrogens with one attached hydrogen (secondary N) is 1. The van der Waals surface area contributed by atoms with E-state index in [1.54, 1.807) is 24.3 Å². The van der Waals surface area contributed by atoms with E-state index in [2.05, 4.69) is 59.6 Å². The molecule has 36 heavy (non-hydrogen) atoms. The smallest absolute Gasteiger partial charge is 0.335 e. The summed E-state index contributed by atoms with van der Waals surface area (Å²) in [6, 6.07) is 29.0. The lowest BCUT2D eigenvalue weighted by Gasteiger charge is -2.41. The standard InChI is InChI=1S/C31H31FN2O2/c1-21(26-14-7-9-22-8-2-3-12-27(22)26)33-19-24-16-17-34(25-11-6-10-23(18-25)31(35)36)20-29(24)28-13-4-5-15-30(28)32/h2-15,18,21,24,29,33H,16-17,19-20H2,1H3,(H,35,36)/t21-,24?,29?/m1/s1. The van der Waals surface area contributed by atoms with Gasteiger partial charge in [-0.2, -0.15) is 0 Å². The van der Waals surface area contributed by atoms with Gasteiger partial charge in [-0.05, 0) is 72.0 Å². The van der Waals surface area contributed by atoms with Crippen LogP contribution in [0.4, 0.5) is 10.1 Å². The molecule has 1 fully saturated rings. The van der Waals surface area contributed by atoms with Crippen molar-refractivity contribution in [3.05, 3.63) is 114 Å². The van der Waals surface area contributed by atoms with Gasteiger partial charge in [-0.1, -0.05) is 66.7 Å². The van der Waals surface area contributed by atoms with E-state index in [1.807, 2.05) is 18.2 Å². The zero-order chi connectivity index (χ0) is 25.1. The summed E-state index contributed by atoms with van der Waals surface area (Å²) < 4.78 is 15.0. The number of benzene rings is 4. The molecule has 0 aliphatic carbocycles. The lowest BCUT2D eigenvalue weighted by molar-refractivity contribution is 0.0697. The monoisotopic (exact) mass is 482 g/mol. The van der Waals surface area contributed by atoms with Gasteiger partial charge in [0, 0.05) is 30.7 Å². The summed E-state index contributed by atoms with van der Waals surface area (Å²) in [7, 11) is 0. The van der Waals surface area contributed by atoms with Crippen molar-refractivity contribution in [3.8, 4) is 0 Å². The molecular formula is C31H31FN2O2. The fourth-order valence-corrected chi connectivity index (χ4v) is 5.51. The minimum Gasteiger partial charge on any atom is -0.478 e. The van der Waals surface area contributed by atoms with E-state index in [0.717, 1.165) is 30.8 Å². The van der Waals surface area contributed by atoms with Gasteiger partial charge < -0.3 is 15.3 Å². The van der Waals surface area contributed by atoms with Crippen LogP contribution in [0.3, 0.4) is 0 Å². The number of hydrogen-bond acceptors (Lipinski definition) is 3. The average molecular weight is 483 g/mol. The Balaban J connectivity index is 1.37. The highest BCUT2D eigenvalue weighted by atomic mass is 19.1. The Morgan fingerprint density at radius 2 is 1.78 bits per heavy atom. The number of hydrogen-bond donors (Lipinski definition) is 2. The first-order valence-electron chi connectivity index (χ1n) is 12.5. The van der Waals surface area contributed by atoms with Crippen LogP contribution < -0.4 is 10.2 Å². The minimum absolute atomic E-state index is 0.0133. The number of aromatic carboxylic acids is 1. The van der Waals surface area contributed by atoms with Gasteiger partial charge in [-0.25, -0.2) is 9.18 Å². The zero-order valence-electron chi connectivity index (χ0n) is 20.4. The van der Waals surface area contributed by atoms with Crippen molar-refractivity contribution in [2.24, 2.45) is 5.92 Å². The predicted molar refractivity (Wildman–Crippen MR) is 143 cm³/mol. The molecule has 2 unspecified atom stereocenters. The third kappa shape index (κ3) is 4.98. The Labute approximate surface area is 211 Å². The molecule has 0 radical (unpaired) electrons. The summed E-state index contributed by atoms with van der Waals surface area (Å²) in [5.41, 5.74) is 3.12. The summed E-state index contributed by atoms with van der Waals surface area (Å²) in [5.74, 6) is -0.890. The van der Waals surface area contributed by atoms with Crippen LogP contribution in [0.5, 0.6) is 0 Å². The van der Waals surface area contributed by atoms with Gasteiger partial charge in [0.15, 0.2) is 0 Å². The van der Waals surface area contributed by atoms with E-state index in [-0.39, 0.29) is 29.3 Å². The van der Waals surface area contributed by atoms with Crippen LogP contribution in [0, 0.1) is 11.7 Å². The van der Waals surface area contributed by atoms with Crippen LogP contribution in [0.15, 0.2) is 91.0 Å². The maximum atomic E-state index is 15.0. The second-order valence-electron chi connectivity index (χ2n) is 9.68. The maximum Gasteiger partial charge on any atom is 0.335 e. The molecular weight excluding hydrogens is 451 g/mol. The molecule has 184 valence electrons. The first kappa shape index (κ1) is 24.0. The van der Waals surface area contributed by atoms with Gasteiger partial charge in [0.05, 0.1) is 5.56 Å². The van der Waals surface area contributed by atoms with Crippen LogP contribution >= 0.6 is 0 Å². The number of nitrogens with zero attached hydrogens (tertiary/aromatic N) is 1. The summed E-state index contributed by atoms with van der Waals surface area (Å²) in [6.07, 6.45) is 0.881. The lowest BCUT2D eigenvalue weighted by Crippen LogP contribution is -2.43. The Morgan fingerprint density at radius 3 is 2.61 bits per heavy atom. The molecule has 5 rings (SSSR count). The number of carboxylic acid groups (broad SMARTS) is 1. The number of fused-ring (bicyclic) bond motifs is 1. The van der Waals surface area contributed by atoms with E-state index < -0.39 is 5.97 Å². The summed E-state index contributed by atoms with van der Waals surface area (Å²) >= 11 is 0. The molecule has 5 heteroatoms. The number of carboxylic acids is 1. The fraction of sp³-hybridized carbons (Fsp3) is 0.258. The SMILES string of the molecule is C[C@@H](NCC1CCN(c2cccc(C(=O)O)c2)CC1c1ccccc1F)c1cccc2ccccc12. The number of halogens is 1. The molecule has 0 aromatic heterocycles. The van der Waals surface area contributed by atoms with Crippen molar-refractivity contribution < 1.29 is 14.3 Å². The van der Waals surface area contributed by atoms with Crippen molar-refractivity contribution in [3.63, 3.8) is 0 Å². The van der Waals surface area contributed by atoms with Crippen molar-refractivity contribution in [1.29, 1.82) is 0 Å². The van der Waals surface area contributed by atoms with Gasteiger partial charge in [0.25, 0.3) is 0 Å². The summed E-state index contributed by atoms with van der Waals surface area (Å²) in [6.45, 7) is 4.39. The molecule has 3 atom stereocenters. The molecule has 1 aliphatic heterocycles. The Kier molecular flexibility index (Phi) is 7.01. The highest BCUT2D eigenvalue weighted by Gasteiger charge is 2.32. The predicted octanol–water partition coefficient (Wildman–Crippen LogP) is 6.64. The molecule has 0 spiro atoms. The molecule has 0 amide bonds. The van der Waals surface area contributed by atoms with Gasteiger partial charge in [-0.15, -0.1) is 0 Å². The van der Waals surface area contributed by atoms with Crippen LogP contribution in [-0.2, 0) is 0 Å². The third-order valence-corrected chi connectivity index (χ3v) is 7.49. The summed E-state index contributed by atoms with van der Waals surface area (Å²) in [4.78, 5) is 13.7. The van der Waals surface area contributed by atoms with E-state index >= 15 is 0 Å². The molecule has 0 saturated carbocycles. The van der Waals surface area contributed by atoms with Gasteiger partial charge in [0.1, 0.15) is 5.82 Å². The molecule has 1 heterocycles. The molecule has 1 saturated heterocycles. The second kappa shape index (κ2) is 10.5. The van der Waals surface area contributed by atoms with Crippen molar-refractivity contribution in [1.82, 2.24) is 5.32 Å². The first-order valence-corrected chi connectivity index (χ1v) is 12.5. The van der Waals surface area contributed by atoms with Crippen LogP contribution in [0.2, 0.25) is 0 Å². The number of anilines is 1. The fourth-order valence-electron chi connectivity index (χ4n) is 5.51. The van der Waals surface area contributed by atoms with Gasteiger partial charge >= 0.3 is 5.97 Å². The minimum atomic E-state index is -0.941. The highest BCUT2D eigenvalue weighted by Crippen LogP contribution is 2.36. The van der Waals surface area contributed by atoms with Crippen molar-refractivity contribution in [2.45, 2.75) is 25.3 Å². The maximum absolute atomic E-state index is 15.0. The molecule has 1 aliphatic rings. The van der Waals surface area contributed by atoms with E-state index in [1.165, 1.54) is 22.4 Å². The summed E-state index contributed by atoms with van der Waals surface area (Å²) in [5, 5.41) is 15.6. The lowest BCUT2D eigenvalue weighted by atomic mass is 9.80. The van der Waals surface area contributed by atoms with Crippen LogP contribution in [0.25, 0.3) is 10.8 Å². The van der Waals surface area contributed by atoms with Crippen molar-refractivity contribution >= 4 is 22.4 Å². The topological polar surface area (TPSA) is 52.6 Å². The first-order chi connectivity index (χ1) is 17.5. The number of rotatable bonds is 7. The van der Waals surface area contributed by atoms with Gasteiger partial charge in [-0.3, -0.25) is 0 Å². The van der Waals surface area contributed by atoms with E-state index in [4.69, 9.17) is 0 Å². The Bertz CT molecular complexity index is 1370. The van der Waals surface area contributed by atoms with Crippen molar-refractivity contribution in [2.75, 3.05) is 24.5 Å². The van der Waals surface area contributed by atoms with E-state index in [9.17, 15) is 14.3 Å². The number of carbonyl (C=O) groups is 1. The van der Waals surface area contributed by atoms with Gasteiger partial charge in [0.2, 0.25) is 0 Å².